The summed E-state index contributed by atoms with van der Waals surface area (Å²) in [7, 11) is 0. The van der Waals surface area contributed by atoms with Crippen LogP contribution in [0.5, 0.6) is 0 Å². The van der Waals surface area contributed by atoms with Crippen molar-refractivity contribution in [3.05, 3.63) is 34.3 Å². The van der Waals surface area contributed by atoms with Gasteiger partial charge in [-0.25, -0.2) is 0 Å². The van der Waals surface area contributed by atoms with Gasteiger partial charge in [-0.3, -0.25) is 0 Å². The van der Waals surface area contributed by atoms with Crippen molar-refractivity contribution in [3.8, 4) is 0 Å². The Labute approximate surface area is 100 Å². The average Bonchev–Trinajstić information content (AvgIpc) is 2.03. The average molecular weight is 335 g/mol. The maximum absolute atomic E-state index is 5.81. The van der Waals surface area contributed by atoms with E-state index in [4.69, 9.17) is 34.8 Å². The molecule has 0 heterocycles. The minimum atomic E-state index is -0.466. The Morgan fingerprint density at radius 2 is 2.00 bits per heavy atom. The first kappa shape index (κ1) is 10.9. The number of alkyl halides is 3. The van der Waals surface area contributed by atoms with Crippen LogP contribution in [-0.4, -0.2) is 0 Å². The van der Waals surface area contributed by atoms with Crippen molar-refractivity contribution in [2.45, 2.75) is 9.26 Å². The molecule has 66 valence electrons. The summed E-state index contributed by atoms with van der Waals surface area (Å²) in [5.74, 6) is 0. The predicted octanol–water partition coefficient (Wildman–Crippen LogP) is 4.75. The van der Waals surface area contributed by atoms with Gasteiger partial charge in [-0.1, -0.05) is 40.3 Å². The summed E-state index contributed by atoms with van der Waals surface area (Å²) < 4.78 is 0.865. The molecule has 12 heavy (non-hydrogen) atoms. The lowest BCUT2D eigenvalue weighted by molar-refractivity contribution is 1.26. The fraction of sp³-hybridized carbons (Fsp3) is 0.250. The Morgan fingerprint density at radius 3 is 2.50 bits per heavy atom. The molecule has 0 aromatic heterocycles. The minimum absolute atomic E-state index is 0.466. The maximum Gasteiger partial charge on any atom is 0.133 e. The van der Waals surface area contributed by atoms with Gasteiger partial charge in [0.05, 0.1) is 0 Å². The van der Waals surface area contributed by atoms with E-state index in [0.717, 1.165) is 20.6 Å². The van der Waals surface area contributed by atoms with Gasteiger partial charge in [-0.2, -0.15) is 0 Å². The predicted molar refractivity (Wildman–Crippen MR) is 63.6 cm³/mol. The van der Waals surface area contributed by atoms with Crippen molar-refractivity contribution < 1.29 is 0 Å². The van der Waals surface area contributed by atoms with E-state index in [9.17, 15) is 0 Å². The molecule has 1 rings (SSSR count). The Balaban J connectivity index is 3.11. The van der Waals surface area contributed by atoms with Crippen LogP contribution in [0.15, 0.2) is 18.2 Å². The number of halogens is 4. The quantitative estimate of drug-likeness (QED) is 0.540. The Kier molecular flexibility index (Phi) is 4.44. The second-order valence-electron chi connectivity index (χ2n) is 2.28. The molecule has 0 radical (unpaired) electrons. The van der Waals surface area contributed by atoms with Crippen molar-refractivity contribution in [2.75, 3.05) is 0 Å². The van der Waals surface area contributed by atoms with Crippen LogP contribution in [0.4, 0.5) is 0 Å². The lowest BCUT2D eigenvalue weighted by Gasteiger charge is -2.07. The first-order chi connectivity index (χ1) is 5.65. The summed E-state index contributed by atoms with van der Waals surface area (Å²) in [5.41, 5.74) is 2.04. The van der Waals surface area contributed by atoms with Crippen LogP contribution in [0.25, 0.3) is 0 Å². The molecule has 1 aromatic rings. The van der Waals surface area contributed by atoms with E-state index in [1.807, 2.05) is 12.1 Å². The second-order valence-corrected chi connectivity index (χ2v) is 4.57. The maximum atomic E-state index is 5.81. The van der Waals surface area contributed by atoms with Gasteiger partial charge < -0.3 is 0 Å². The number of hydrogen-bond acceptors (Lipinski definition) is 0. The van der Waals surface area contributed by atoms with Crippen molar-refractivity contribution in [3.63, 3.8) is 0 Å². The highest BCUT2D eigenvalue weighted by Gasteiger charge is 2.08. The highest BCUT2D eigenvalue weighted by atomic mass is 127. The van der Waals surface area contributed by atoms with Crippen molar-refractivity contribution in [2.24, 2.45) is 0 Å². The first-order valence-electron chi connectivity index (χ1n) is 3.27. The number of rotatable bonds is 2. The fourth-order valence-electron chi connectivity index (χ4n) is 0.903. The fourth-order valence-corrected chi connectivity index (χ4v) is 2.18. The molecule has 0 saturated carbocycles. The van der Waals surface area contributed by atoms with E-state index < -0.39 is 4.84 Å². The third kappa shape index (κ3) is 2.66. The summed E-state index contributed by atoms with van der Waals surface area (Å²) in [6.45, 7) is 0. The third-order valence-corrected chi connectivity index (χ3v) is 3.01. The standard InChI is InChI=1S/C8H6Cl3I/c9-6-1-2-7(8(10)11)5(3-6)4-12/h1-3,8H,4H2. The Bertz CT molecular complexity index is 273. The lowest BCUT2D eigenvalue weighted by atomic mass is 10.1. The minimum Gasteiger partial charge on any atom is -0.100 e. The zero-order chi connectivity index (χ0) is 9.14. The molecule has 0 aliphatic heterocycles. The lowest BCUT2D eigenvalue weighted by Crippen LogP contribution is -1.89. The molecule has 0 saturated heterocycles. The van der Waals surface area contributed by atoms with E-state index in [-0.39, 0.29) is 0 Å². The van der Waals surface area contributed by atoms with E-state index >= 15 is 0 Å². The van der Waals surface area contributed by atoms with Gasteiger partial charge in [-0.15, -0.1) is 23.2 Å². The summed E-state index contributed by atoms with van der Waals surface area (Å²) in [5, 5.41) is 0.722. The first-order valence-corrected chi connectivity index (χ1v) is 6.05. The smallest absolute Gasteiger partial charge is 0.100 e. The topological polar surface area (TPSA) is 0 Å². The molecular formula is C8H6Cl3I. The summed E-state index contributed by atoms with van der Waals surface area (Å²) >= 11 is 19.6. The highest BCUT2D eigenvalue weighted by molar-refractivity contribution is 14.1. The van der Waals surface area contributed by atoms with E-state index in [1.165, 1.54) is 0 Å². The van der Waals surface area contributed by atoms with E-state index in [2.05, 4.69) is 22.6 Å². The molecule has 1 aromatic carbocycles. The van der Waals surface area contributed by atoms with Gasteiger partial charge in [0.2, 0.25) is 0 Å². The molecule has 0 aliphatic carbocycles. The van der Waals surface area contributed by atoms with Crippen LogP contribution >= 0.6 is 57.4 Å². The Hall–Kier alpha value is 0.820. The van der Waals surface area contributed by atoms with Gasteiger partial charge in [0.1, 0.15) is 4.84 Å². The van der Waals surface area contributed by atoms with Gasteiger partial charge in [0, 0.05) is 9.45 Å². The molecule has 0 unspecified atom stereocenters. The van der Waals surface area contributed by atoms with Crippen LogP contribution in [0, 0.1) is 0 Å². The number of benzene rings is 1. The van der Waals surface area contributed by atoms with Crippen molar-refractivity contribution >= 4 is 57.4 Å². The molecule has 0 N–H and O–H groups in total. The van der Waals surface area contributed by atoms with Crippen LogP contribution < -0.4 is 0 Å². The van der Waals surface area contributed by atoms with Gasteiger partial charge in [0.15, 0.2) is 0 Å². The molecular weight excluding hydrogens is 329 g/mol. The normalized spacial score (nSPS) is 10.8. The van der Waals surface area contributed by atoms with Crippen LogP contribution in [-0.2, 0) is 4.43 Å². The zero-order valence-electron chi connectivity index (χ0n) is 6.03. The molecule has 0 aliphatic rings. The molecule has 0 atom stereocenters. The summed E-state index contributed by atoms with van der Waals surface area (Å²) in [4.78, 5) is -0.466. The summed E-state index contributed by atoms with van der Waals surface area (Å²) in [6, 6.07) is 5.55. The second kappa shape index (κ2) is 4.89. The van der Waals surface area contributed by atoms with Gasteiger partial charge in [-0.05, 0) is 23.3 Å². The van der Waals surface area contributed by atoms with E-state index in [1.54, 1.807) is 6.07 Å². The molecule has 0 amide bonds. The van der Waals surface area contributed by atoms with Crippen LogP contribution in [0.1, 0.15) is 16.0 Å². The zero-order valence-corrected chi connectivity index (χ0v) is 10.5. The molecule has 4 heteroatoms. The highest BCUT2D eigenvalue weighted by Crippen LogP contribution is 2.30. The monoisotopic (exact) mass is 334 g/mol. The SMILES string of the molecule is Clc1ccc(C(Cl)Cl)c(CI)c1. The molecule has 0 spiro atoms. The van der Waals surface area contributed by atoms with Crippen molar-refractivity contribution in [1.29, 1.82) is 0 Å². The Morgan fingerprint density at radius 1 is 1.33 bits per heavy atom. The molecule has 0 nitrogen and oxygen atoms in total. The van der Waals surface area contributed by atoms with Gasteiger partial charge in [0.25, 0.3) is 0 Å². The van der Waals surface area contributed by atoms with E-state index in [0.29, 0.717) is 0 Å². The summed E-state index contributed by atoms with van der Waals surface area (Å²) in [6.07, 6.45) is 0. The molecule has 0 fully saturated rings. The van der Waals surface area contributed by atoms with Crippen LogP contribution in [0.3, 0.4) is 0 Å². The van der Waals surface area contributed by atoms with Crippen LogP contribution in [0.2, 0.25) is 5.02 Å². The van der Waals surface area contributed by atoms with Crippen molar-refractivity contribution in [1.82, 2.24) is 0 Å². The number of hydrogen-bond donors (Lipinski definition) is 0. The largest absolute Gasteiger partial charge is 0.133 e. The third-order valence-electron chi connectivity index (χ3n) is 1.48. The molecule has 0 bridgehead atoms. The van der Waals surface area contributed by atoms with Gasteiger partial charge >= 0.3 is 0 Å².